The summed E-state index contributed by atoms with van der Waals surface area (Å²) >= 11 is 0. The molecule has 0 amide bonds. The lowest BCUT2D eigenvalue weighted by Crippen LogP contribution is -2.55. The van der Waals surface area contributed by atoms with E-state index >= 15 is 0 Å². The minimum absolute atomic E-state index is 0.0739. The van der Waals surface area contributed by atoms with E-state index in [9.17, 15) is 4.79 Å². The quantitative estimate of drug-likeness (QED) is 0.322. The summed E-state index contributed by atoms with van der Waals surface area (Å²) in [7, 11) is -2.83. The van der Waals surface area contributed by atoms with Crippen LogP contribution in [0.4, 0.5) is 0 Å². The highest BCUT2D eigenvalue weighted by Crippen LogP contribution is 2.31. The van der Waals surface area contributed by atoms with Crippen LogP contribution in [0.1, 0.15) is 30.6 Å². The van der Waals surface area contributed by atoms with Gasteiger partial charge in [-0.05, 0) is 25.8 Å². The number of fused-ring (bicyclic) bond motifs is 6. The van der Waals surface area contributed by atoms with Crippen molar-refractivity contribution < 1.29 is 22.8 Å². The van der Waals surface area contributed by atoms with Gasteiger partial charge in [0, 0.05) is 31.3 Å². The van der Waals surface area contributed by atoms with Crippen molar-refractivity contribution in [2.75, 3.05) is 39.5 Å². The number of hydrogen-bond donors (Lipinski definition) is 0. The van der Waals surface area contributed by atoms with Gasteiger partial charge in [-0.3, -0.25) is 4.90 Å². The number of carbonyl (C=O) groups is 1. The van der Waals surface area contributed by atoms with Crippen LogP contribution in [0.25, 0.3) is 0 Å². The first kappa shape index (κ1) is 20.2. The molecule has 0 N–H and O–H groups in total. The van der Waals surface area contributed by atoms with Crippen LogP contribution in [-0.4, -0.2) is 59.1 Å². The molecule has 3 aliphatic rings. The average molecular weight is 392 g/mol. The fraction of sp³-hybridized carbons (Fsp3) is 0.550. The summed E-state index contributed by atoms with van der Waals surface area (Å²) in [5.74, 6) is -0.361. The molecule has 1 aromatic rings. The third-order valence-electron chi connectivity index (χ3n) is 4.83. The molecule has 2 bridgehead atoms. The maximum absolute atomic E-state index is 11.6. The molecule has 0 aliphatic carbocycles. The second-order valence-corrected chi connectivity index (χ2v) is 9.90. The molecule has 3 fully saturated rings. The van der Waals surface area contributed by atoms with Gasteiger partial charge in [0.1, 0.15) is 0 Å². The number of benzene rings is 1. The molecule has 4 rings (SSSR count). The third-order valence-corrected chi connectivity index (χ3v) is 7.73. The fourth-order valence-corrected chi connectivity index (χ4v) is 6.03. The van der Waals surface area contributed by atoms with Crippen molar-refractivity contribution in [1.82, 2.24) is 4.90 Å². The van der Waals surface area contributed by atoms with Gasteiger partial charge >= 0.3 is 14.8 Å². The van der Waals surface area contributed by atoms with E-state index in [1.54, 1.807) is 6.92 Å². The van der Waals surface area contributed by atoms with Crippen LogP contribution in [0.5, 0.6) is 0 Å². The predicted octanol–water partition coefficient (Wildman–Crippen LogP) is 2.86. The Hall–Kier alpha value is -1.51. The summed E-state index contributed by atoms with van der Waals surface area (Å²) in [6.45, 7) is 11.5. The molecule has 1 unspecified atom stereocenters. The fourth-order valence-electron chi connectivity index (χ4n) is 3.38. The zero-order valence-corrected chi connectivity index (χ0v) is 17.2. The average Bonchev–Trinajstić information content (AvgIpc) is 2.58. The van der Waals surface area contributed by atoms with Crippen molar-refractivity contribution in [1.29, 1.82) is 0 Å². The van der Waals surface area contributed by atoms with E-state index in [2.05, 4.69) is 42.7 Å². The van der Waals surface area contributed by atoms with Crippen LogP contribution in [0.2, 0.25) is 6.04 Å². The maximum atomic E-state index is 11.6. The van der Waals surface area contributed by atoms with E-state index in [-0.39, 0.29) is 12.1 Å². The summed E-state index contributed by atoms with van der Waals surface area (Å²) in [4.78, 5) is 13.9. The summed E-state index contributed by atoms with van der Waals surface area (Å²) in [6, 6.07) is 9.06. The largest absolute Gasteiger partial charge is 0.501 e. The Morgan fingerprint density at radius 2 is 2.07 bits per heavy atom. The second kappa shape index (κ2) is 9.12. The highest BCUT2D eigenvalue weighted by molar-refractivity contribution is 6.60. The molecule has 27 heavy (non-hydrogen) atoms. The standard InChI is InChI=1S/C20H29NO5Si/c1-16(2)20(22)23-10-5-13-27-24-11-8-21(9-12-25-27)15-19(26-27)18-7-4-6-17(3)14-18/h4,6-7,14,19H,1,5,8-13,15H2,2-3H3. The number of rotatable bonds is 6. The van der Waals surface area contributed by atoms with Gasteiger partial charge in [-0.25, -0.2) is 4.79 Å². The van der Waals surface area contributed by atoms with E-state index in [1.807, 2.05) is 0 Å². The monoisotopic (exact) mass is 391 g/mol. The molecule has 0 spiro atoms. The number of esters is 1. The number of carbonyl (C=O) groups excluding carboxylic acids is 1. The SMILES string of the molecule is C=C(C)C(=O)OCCC[Si]12OCCN(CCO1)CC(c1cccc(C)c1)O2. The molecule has 148 valence electrons. The highest BCUT2D eigenvalue weighted by Gasteiger charge is 2.46. The molecule has 0 saturated carbocycles. The van der Waals surface area contributed by atoms with E-state index < -0.39 is 8.80 Å². The summed E-state index contributed by atoms with van der Waals surface area (Å²) < 4.78 is 24.1. The summed E-state index contributed by atoms with van der Waals surface area (Å²) in [5, 5.41) is 0. The molecular formula is C20H29NO5Si. The molecule has 7 heteroatoms. The van der Waals surface area contributed by atoms with Gasteiger partial charge in [0.2, 0.25) is 0 Å². The molecule has 1 aromatic carbocycles. The van der Waals surface area contributed by atoms with Crippen molar-refractivity contribution in [3.8, 4) is 0 Å². The van der Waals surface area contributed by atoms with E-state index in [0.29, 0.717) is 37.9 Å². The first-order valence-corrected chi connectivity index (χ1v) is 11.5. The topological polar surface area (TPSA) is 57.2 Å². The van der Waals surface area contributed by atoms with Gasteiger partial charge in [0.25, 0.3) is 0 Å². The maximum Gasteiger partial charge on any atom is 0.501 e. The van der Waals surface area contributed by atoms with Crippen molar-refractivity contribution in [3.05, 3.63) is 47.5 Å². The van der Waals surface area contributed by atoms with Crippen LogP contribution in [-0.2, 0) is 22.8 Å². The van der Waals surface area contributed by atoms with Crippen LogP contribution in [0, 0.1) is 6.92 Å². The van der Waals surface area contributed by atoms with Crippen molar-refractivity contribution >= 4 is 14.8 Å². The summed E-state index contributed by atoms with van der Waals surface area (Å²) in [5.41, 5.74) is 2.77. The van der Waals surface area contributed by atoms with Gasteiger partial charge in [0.15, 0.2) is 0 Å². The predicted molar refractivity (Wildman–Crippen MR) is 104 cm³/mol. The first-order chi connectivity index (χ1) is 13.0. The van der Waals surface area contributed by atoms with E-state index in [4.69, 9.17) is 18.0 Å². The lowest BCUT2D eigenvalue weighted by Gasteiger charge is -2.42. The van der Waals surface area contributed by atoms with Crippen molar-refractivity contribution in [2.24, 2.45) is 0 Å². The van der Waals surface area contributed by atoms with E-state index in [1.165, 1.54) is 5.56 Å². The molecule has 0 radical (unpaired) electrons. The minimum atomic E-state index is -2.83. The molecule has 1 atom stereocenters. The number of ether oxygens (including phenoxy) is 1. The number of hydrogen-bond acceptors (Lipinski definition) is 6. The lowest BCUT2D eigenvalue weighted by molar-refractivity contribution is -0.139. The molecule has 0 aromatic heterocycles. The Kier molecular flexibility index (Phi) is 6.83. The first-order valence-electron chi connectivity index (χ1n) is 9.55. The zero-order chi connectivity index (χ0) is 19.3. The molecular weight excluding hydrogens is 362 g/mol. The third kappa shape index (κ3) is 5.49. The Bertz CT molecular complexity index is 670. The normalized spacial score (nSPS) is 28.1. The highest BCUT2D eigenvalue weighted by atomic mass is 28.4. The van der Waals surface area contributed by atoms with Gasteiger partial charge in [-0.2, -0.15) is 0 Å². The Morgan fingerprint density at radius 3 is 2.74 bits per heavy atom. The van der Waals surface area contributed by atoms with Gasteiger partial charge < -0.3 is 18.0 Å². The zero-order valence-electron chi connectivity index (χ0n) is 16.2. The Balaban J connectivity index is 1.70. The second-order valence-electron chi connectivity index (χ2n) is 7.22. The van der Waals surface area contributed by atoms with Gasteiger partial charge in [0.05, 0.1) is 25.9 Å². The Labute approximate surface area is 162 Å². The van der Waals surface area contributed by atoms with Gasteiger partial charge in [-0.15, -0.1) is 0 Å². The summed E-state index contributed by atoms with van der Waals surface area (Å²) in [6.07, 6.45) is 0.574. The number of nitrogens with zero attached hydrogens (tertiary/aromatic N) is 1. The van der Waals surface area contributed by atoms with Crippen LogP contribution in [0.15, 0.2) is 36.4 Å². The van der Waals surface area contributed by atoms with Crippen molar-refractivity contribution in [3.63, 3.8) is 0 Å². The van der Waals surface area contributed by atoms with E-state index in [0.717, 1.165) is 25.2 Å². The van der Waals surface area contributed by atoms with Crippen molar-refractivity contribution in [2.45, 2.75) is 32.4 Å². The smallest absolute Gasteiger partial charge is 0.462 e. The van der Waals surface area contributed by atoms with Gasteiger partial charge in [-0.1, -0.05) is 36.4 Å². The van der Waals surface area contributed by atoms with Crippen LogP contribution < -0.4 is 0 Å². The molecule has 3 heterocycles. The van der Waals surface area contributed by atoms with Crippen LogP contribution in [0.3, 0.4) is 0 Å². The molecule has 3 saturated heterocycles. The van der Waals surface area contributed by atoms with Crippen LogP contribution >= 0.6 is 0 Å². The Morgan fingerprint density at radius 1 is 1.33 bits per heavy atom. The molecule has 6 nitrogen and oxygen atoms in total. The number of aryl methyl sites for hydroxylation is 1. The molecule has 3 aliphatic heterocycles. The lowest BCUT2D eigenvalue weighted by atomic mass is 10.1. The minimum Gasteiger partial charge on any atom is -0.462 e.